The summed E-state index contributed by atoms with van der Waals surface area (Å²) >= 11 is 0. The number of carbonyl (C=O) groups excluding carboxylic acids is 2. The second-order valence-electron chi connectivity index (χ2n) is 7.32. The molecule has 0 bridgehead atoms. The lowest BCUT2D eigenvalue weighted by atomic mass is 9.97. The first-order chi connectivity index (χ1) is 13.3. The third kappa shape index (κ3) is 4.82. The zero-order valence-electron chi connectivity index (χ0n) is 16.2. The van der Waals surface area contributed by atoms with Gasteiger partial charge in [-0.3, -0.25) is 4.79 Å². The number of esters is 2. The molecule has 154 valence electrons. The van der Waals surface area contributed by atoms with E-state index in [1.165, 1.54) is 27.7 Å². The molecule has 2 aromatic carbocycles. The van der Waals surface area contributed by atoms with E-state index in [1.807, 2.05) is 0 Å². The van der Waals surface area contributed by atoms with Crippen LogP contribution in [-0.2, 0) is 9.59 Å². The van der Waals surface area contributed by atoms with Gasteiger partial charge in [0.05, 0.1) is 5.41 Å². The number of rotatable bonds is 4. The third-order valence-corrected chi connectivity index (χ3v) is 3.71. The molecule has 0 aliphatic heterocycles. The Balaban J connectivity index is 2.43. The van der Waals surface area contributed by atoms with Crippen molar-refractivity contribution in [1.29, 1.82) is 0 Å². The van der Waals surface area contributed by atoms with E-state index in [2.05, 4.69) is 11.3 Å². The number of hydrogen-bond acceptors (Lipinski definition) is 4. The zero-order valence-corrected chi connectivity index (χ0v) is 16.2. The fourth-order valence-corrected chi connectivity index (χ4v) is 2.08. The third-order valence-electron chi connectivity index (χ3n) is 3.71. The molecule has 0 fully saturated rings. The Hall–Kier alpha value is -3.16. The molecule has 0 aliphatic carbocycles. The van der Waals surface area contributed by atoms with Crippen LogP contribution in [0.5, 0.6) is 11.5 Å². The van der Waals surface area contributed by atoms with Crippen molar-refractivity contribution in [3.05, 3.63) is 59.7 Å². The number of ether oxygens (including phenoxy) is 2. The summed E-state index contributed by atoms with van der Waals surface area (Å²) in [5, 5.41) is 0. The van der Waals surface area contributed by atoms with Gasteiger partial charge in [-0.05, 0) is 57.5 Å². The molecule has 0 atom stereocenters. The Morgan fingerprint density at radius 2 is 1.48 bits per heavy atom. The number of carbonyl (C=O) groups is 2. The van der Waals surface area contributed by atoms with E-state index in [0.29, 0.717) is 12.1 Å². The lowest BCUT2D eigenvalue weighted by Gasteiger charge is -2.17. The smallest absolute Gasteiger partial charge is 0.338 e. The van der Waals surface area contributed by atoms with E-state index in [4.69, 9.17) is 4.74 Å². The Bertz CT molecular complexity index is 983. The largest absolute Gasteiger partial charge is 0.420 e. The van der Waals surface area contributed by atoms with Crippen LogP contribution in [0.2, 0.25) is 0 Å². The van der Waals surface area contributed by atoms with Crippen molar-refractivity contribution >= 4 is 11.9 Å². The molecule has 0 unspecified atom stereocenters. The van der Waals surface area contributed by atoms with Crippen molar-refractivity contribution in [3.63, 3.8) is 0 Å². The lowest BCUT2D eigenvalue weighted by Crippen LogP contribution is -2.26. The second kappa shape index (κ2) is 8.06. The first-order valence-corrected chi connectivity index (χ1v) is 8.40. The van der Waals surface area contributed by atoms with Crippen LogP contribution < -0.4 is 9.47 Å². The molecule has 0 heterocycles. The molecule has 0 aliphatic rings. The van der Waals surface area contributed by atoms with E-state index in [1.54, 1.807) is 0 Å². The molecular weight excluding hydrogens is 392 g/mol. The molecule has 0 spiro atoms. The van der Waals surface area contributed by atoms with Crippen LogP contribution in [0.4, 0.5) is 17.6 Å². The predicted molar refractivity (Wildman–Crippen MR) is 97.2 cm³/mol. The maximum absolute atomic E-state index is 14.4. The number of halogens is 4. The van der Waals surface area contributed by atoms with Gasteiger partial charge in [-0.25, -0.2) is 18.0 Å². The van der Waals surface area contributed by atoms with Crippen LogP contribution >= 0.6 is 0 Å². The predicted octanol–water partition coefficient (Wildman–Crippen LogP) is 5.34. The van der Waals surface area contributed by atoms with Gasteiger partial charge in [0.1, 0.15) is 0 Å². The summed E-state index contributed by atoms with van der Waals surface area (Å²) in [5.74, 6) is -9.00. The first-order valence-electron chi connectivity index (χ1n) is 8.40. The van der Waals surface area contributed by atoms with Crippen LogP contribution in [0.25, 0.3) is 11.1 Å². The van der Waals surface area contributed by atoms with E-state index in [9.17, 15) is 27.2 Å². The van der Waals surface area contributed by atoms with Crippen LogP contribution in [0, 0.1) is 28.7 Å². The topological polar surface area (TPSA) is 52.6 Å². The van der Waals surface area contributed by atoms with Gasteiger partial charge in [-0.2, -0.15) is 4.39 Å². The molecule has 0 radical (unpaired) electrons. The summed E-state index contributed by atoms with van der Waals surface area (Å²) in [5.41, 5.74) is -1.86. The highest BCUT2D eigenvalue weighted by atomic mass is 19.2. The van der Waals surface area contributed by atoms with Gasteiger partial charge >= 0.3 is 11.9 Å². The quantitative estimate of drug-likeness (QED) is 0.295. The normalized spacial score (nSPS) is 11.2. The molecule has 0 saturated heterocycles. The van der Waals surface area contributed by atoms with E-state index in [-0.39, 0.29) is 11.1 Å². The fraction of sp³-hybridized carbons (Fsp3) is 0.238. The van der Waals surface area contributed by atoms with Gasteiger partial charge in [0.2, 0.25) is 11.6 Å². The lowest BCUT2D eigenvalue weighted by molar-refractivity contribution is -0.143. The minimum Gasteiger partial charge on any atom is -0.420 e. The van der Waals surface area contributed by atoms with Crippen molar-refractivity contribution < 1.29 is 36.6 Å². The fourth-order valence-electron chi connectivity index (χ4n) is 2.08. The standard InChI is InChI=1S/C21H18F4O4/c1-10(2)19(26)28-15-7-6-12(16(24)17(15)25)11-8-13(22)18(14(23)9-11)29-20(27)21(3,4)5/h6-9H,1H2,2-5H3. The highest BCUT2D eigenvalue weighted by Gasteiger charge is 2.27. The minimum absolute atomic E-state index is 0.0292. The summed E-state index contributed by atoms with van der Waals surface area (Å²) in [4.78, 5) is 23.3. The van der Waals surface area contributed by atoms with Gasteiger partial charge in [0.15, 0.2) is 23.2 Å². The van der Waals surface area contributed by atoms with Crippen molar-refractivity contribution in [2.24, 2.45) is 5.41 Å². The van der Waals surface area contributed by atoms with Crippen LogP contribution in [-0.4, -0.2) is 11.9 Å². The summed E-state index contributed by atoms with van der Waals surface area (Å²) in [6, 6.07) is 3.34. The van der Waals surface area contributed by atoms with Gasteiger partial charge < -0.3 is 9.47 Å². The Labute approximate surface area is 164 Å². The van der Waals surface area contributed by atoms with Crippen molar-refractivity contribution in [2.75, 3.05) is 0 Å². The van der Waals surface area contributed by atoms with E-state index < -0.39 is 57.7 Å². The average molecular weight is 410 g/mol. The molecular formula is C21H18F4O4. The maximum Gasteiger partial charge on any atom is 0.338 e. The summed E-state index contributed by atoms with van der Waals surface area (Å²) in [6.45, 7) is 9.15. The van der Waals surface area contributed by atoms with Gasteiger partial charge in [0.25, 0.3) is 0 Å². The zero-order chi connectivity index (χ0) is 22.1. The summed E-state index contributed by atoms with van der Waals surface area (Å²) in [6.07, 6.45) is 0. The SMILES string of the molecule is C=C(C)C(=O)Oc1ccc(-c2cc(F)c(OC(=O)C(C)(C)C)c(F)c2)c(F)c1F. The highest BCUT2D eigenvalue weighted by molar-refractivity contribution is 5.89. The molecule has 0 saturated carbocycles. The van der Waals surface area contributed by atoms with Gasteiger partial charge in [-0.15, -0.1) is 0 Å². The van der Waals surface area contributed by atoms with Crippen LogP contribution in [0.15, 0.2) is 36.4 Å². The van der Waals surface area contributed by atoms with Gasteiger partial charge in [0, 0.05) is 11.1 Å². The van der Waals surface area contributed by atoms with E-state index in [0.717, 1.165) is 12.1 Å². The maximum atomic E-state index is 14.4. The van der Waals surface area contributed by atoms with Gasteiger partial charge in [-0.1, -0.05) is 6.58 Å². The molecule has 2 rings (SSSR count). The number of benzene rings is 2. The minimum atomic E-state index is -1.51. The average Bonchev–Trinajstić information content (AvgIpc) is 2.60. The Kier molecular flexibility index (Phi) is 6.15. The molecule has 29 heavy (non-hydrogen) atoms. The second-order valence-corrected chi connectivity index (χ2v) is 7.32. The van der Waals surface area contributed by atoms with Crippen LogP contribution in [0.3, 0.4) is 0 Å². The highest BCUT2D eigenvalue weighted by Crippen LogP contribution is 2.34. The van der Waals surface area contributed by atoms with Crippen molar-refractivity contribution in [2.45, 2.75) is 27.7 Å². The van der Waals surface area contributed by atoms with E-state index >= 15 is 0 Å². The Morgan fingerprint density at radius 3 is 1.97 bits per heavy atom. The Morgan fingerprint density at radius 1 is 0.931 bits per heavy atom. The molecule has 2 aromatic rings. The van der Waals surface area contributed by atoms with Crippen molar-refractivity contribution in [3.8, 4) is 22.6 Å². The monoisotopic (exact) mass is 410 g/mol. The molecule has 4 nitrogen and oxygen atoms in total. The molecule has 0 aromatic heterocycles. The number of hydrogen-bond donors (Lipinski definition) is 0. The molecule has 0 amide bonds. The molecule has 0 N–H and O–H groups in total. The first kappa shape index (κ1) is 22.1. The summed E-state index contributed by atoms with van der Waals surface area (Å²) in [7, 11) is 0. The van der Waals surface area contributed by atoms with Crippen molar-refractivity contribution in [1.82, 2.24) is 0 Å². The molecule has 8 heteroatoms. The van der Waals surface area contributed by atoms with Crippen LogP contribution in [0.1, 0.15) is 27.7 Å². The summed E-state index contributed by atoms with van der Waals surface area (Å²) < 4.78 is 66.6.